The topological polar surface area (TPSA) is 71.1 Å². The minimum Gasteiger partial charge on any atom is -0.349 e. The molecule has 0 aliphatic heterocycles. The van der Waals surface area contributed by atoms with Crippen LogP contribution in [0.25, 0.3) is 0 Å². The fourth-order valence-electron chi connectivity index (χ4n) is 2.01. The Balaban J connectivity index is 2.00. The van der Waals surface area contributed by atoms with E-state index in [0.717, 1.165) is 11.4 Å². The van der Waals surface area contributed by atoms with Crippen molar-refractivity contribution in [3.63, 3.8) is 0 Å². The molecule has 0 saturated carbocycles. The van der Waals surface area contributed by atoms with Gasteiger partial charge in [0.2, 0.25) is 5.91 Å². The number of carbonyl (C=O) groups excluding carboxylic acids is 2. The quantitative estimate of drug-likeness (QED) is 0.678. The van der Waals surface area contributed by atoms with Gasteiger partial charge in [-0.2, -0.15) is 11.8 Å². The van der Waals surface area contributed by atoms with Crippen molar-refractivity contribution < 1.29 is 9.59 Å². The molecule has 0 radical (unpaired) electrons. The molecule has 0 aliphatic carbocycles. The number of hydrogen-bond acceptors (Lipinski definition) is 5. The lowest BCUT2D eigenvalue weighted by molar-refractivity contribution is -0.123. The molecule has 5 nitrogen and oxygen atoms in total. The van der Waals surface area contributed by atoms with E-state index in [-0.39, 0.29) is 11.8 Å². The van der Waals surface area contributed by atoms with Gasteiger partial charge in [-0.05, 0) is 46.5 Å². The molecule has 0 bridgehead atoms. The van der Waals surface area contributed by atoms with E-state index in [4.69, 9.17) is 0 Å². The van der Waals surface area contributed by atoms with Crippen LogP contribution in [0.1, 0.15) is 22.5 Å². The Labute approximate surface area is 157 Å². The minimum atomic E-state index is -0.573. The number of thioether (sulfide) groups is 1. The molecule has 1 aromatic heterocycles. The number of amides is 2. The van der Waals surface area contributed by atoms with Crippen LogP contribution in [-0.2, 0) is 11.3 Å². The SMILES string of the molecule is CSCCC(NC(=O)c1ccccc1Br)C(=O)NCc1cscn1. The number of carbonyl (C=O) groups is 2. The normalized spacial score (nSPS) is 11.8. The van der Waals surface area contributed by atoms with Crippen LogP contribution in [0.2, 0.25) is 0 Å². The van der Waals surface area contributed by atoms with E-state index in [1.807, 2.05) is 17.7 Å². The maximum atomic E-state index is 12.4. The average molecular weight is 428 g/mol. The third-order valence-electron chi connectivity index (χ3n) is 3.28. The van der Waals surface area contributed by atoms with Gasteiger partial charge in [0, 0.05) is 9.85 Å². The van der Waals surface area contributed by atoms with Crippen LogP contribution < -0.4 is 10.6 Å². The number of nitrogens with one attached hydrogen (secondary N) is 2. The first-order chi connectivity index (χ1) is 11.6. The maximum absolute atomic E-state index is 12.4. The second kappa shape index (κ2) is 9.80. The third-order valence-corrected chi connectivity index (χ3v) is 5.25. The molecule has 1 aromatic carbocycles. The molecule has 0 saturated heterocycles. The molecule has 0 aliphatic rings. The molecule has 0 fully saturated rings. The molecule has 2 rings (SSSR count). The van der Waals surface area contributed by atoms with Crippen molar-refractivity contribution in [1.29, 1.82) is 0 Å². The zero-order valence-electron chi connectivity index (χ0n) is 13.1. The van der Waals surface area contributed by atoms with E-state index in [2.05, 4.69) is 31.5 Å². The summed E-state index contributed by atoms with van der Waals surface area (Å²) >= 11 is 6.48. The molecule has 1 unspecified atom stereocenters. The fourth-order valence-corrected chi connectivity index (χ4v) is 3.51. The van der Waals surface area contributed by atoms with Gasteiger partial charge in [-0.15, -0.1) is 11.3 Å². The number of benzene rings is 1. The van der Waals surface area contributed by atoms with Crippen molar-refractivity contribution in [2.45, 2.75) is 19.0 Å². The van der Waals surface area contributed by atoms with Gasteiger partial charge in [0.1, 0.15) is 6.04 Å². The molecular weight excluding hydrogens is 410 g/mol. The Hall–Kier alpha value is -1.38. The first-order valence-electron chi connectivity index (χ1n) is 7.31. The van der Waals surface area contributed by atoms with Crippen LogP contribution in [0.15, 0.2) is 39.6 Å². The van der Waals surface area contributed by atoms with E-state index in [1.54, 1.807) is 35.5 Å². The Morgan fingerprint density at radius 2 is 2.17 bits per heavy atom. The summed E-state index contributed by atoms with van der Waals surface area (Å²) in [5, 5.41) is 7.55. The number of hydrogen-bond donors (Lipinski definition) is 2. The van der Waals surface area contributed by atoms with Gasteiger partial charge >= 0.3 is 0 Å². The molecule has 1 atom stereocenters. The minimum absolute atomic E-state index is 0.197. The highest BCUT2D eigenvalue weighted by molar-refractivity contribution is 9.10. The summed E-state index contributed by atoms with van der Waals surface area (Å²) in [6.45, 7) is 0.364. The van der Waals surface area contributed by atoms with Crippen LogP contribution in [0, 0.1) is 0 Å². The van der Waals surface area contributed by atoms with Crippen LogP contribution in [0.4, 0.5) is 0 Å². The van der Waals surface area contributed by atoms with Crippen molar-refractivity contribution in [2.24, 2.45) is 0 Å². The molecule has 1 heterocycles. The lowest BCUT2D eigenvalue weighted by Gasteiger charge is -2.18. The Kier molecular flexibility index (Phi) is 7.74. The van der Waals surface area contributed by atoms with E-state index in [9.17, 15) is 9.59 Å². The Bertz CT molecular complexity index is 680. The van der Waals surface area contributed by atoms with Crippen molar-refractivity contribution in [1.82, 2.24) is 15.6 Å². The third kappa shape index (κ3) is 5.61. The molecule has 2 amide bonds. The summed E-state index contributed by atoms with van der Waals surface area (Å²) in [6, 6.07) is 6.58. The van der Waals surface area contributed by atoms with Crippen LogP contribution in [0.5, 0.6) is 0 Å². The molecule has 24 heavy (non-hydrogen) atoms. The summed E-state index contributed by atoms with van der Waals surface area (Å²) in [7, 11) is 0. The summed E-state index contributed by atoms with van der Waals surface area (Å²) in [5.41, 5.74) is 3.05. The summed E-state index contributed by atoms with van der Waals surface area (Å²) in [4.78, 5) is 29.0. The second-order valence-electron chi connectivity index (χ2n) is 4.98. The van der Waals surface area contributed by atoms with Crippen molar-refractivity contribution in [3.8, 4) is 0 Å². The maximum Gasteiger partial charge on any atom is 0.253 e. The first-order valence-corrected chi connectivity index (χ1v) is 10.4. The van der Waals surface area contributed by atoms with E-state index in [1.165, 1.54) is 11.3 Å². The van der Waals surface area contributed by atoms with Crippen LogP contribution in [-0.4, -0.2) is 34.8 Å². The van der Waals surface area contributed by atoms with Gasteiger partial charge in [-0.1, -0.05) is 12.1 Å². The van der Waals surface area contributed by atoms with E-state index >= 15 is 0 Å². The monoisotopic (exact) mass is 427 g/mol. The highest BCUT2D eigenvalue weighted by atomic mass is 79.9. The Morgan fingerprint density at radius 3 is 2.83 bits per heavy atom. The number of halogens is 1. The van der Waals surface area contributed by atoms with Gasteiger partial charge in [-0.25, -0.2) is 4.98 Å². The smallest absolute Gasteiger partial charge is 0.253 e. The highest BCUT2D eigenvalue weighted by Gasteiger charge is 2.21. The van der Waals surface area contributed by atoms with Crippen LogP contribution >= 0.6 is 39.0 Å². The number of rotatable bonds is 8. The van der Waals surface area contributed by atoms with Crippen molar-refractivity contribution >= 4 is 50.8 Å². The zero-order chi connectivity index (χ0) is 17.4. The standard InChI is InChI=1S/C16H18BrN3O2S2/c1-23-7-6-14(16(22)18-8-11-9-24-10-19-11)20-15(21)12-4-2-3-5-13(12)17/h2-5,9-10,14H,6-8H2,1H3,(H,18,22)(H,20,21). The van der Waals surface area contributed by atoms with Gasteiger partial charge in [0.25, 0.3) is 5.91 Å². The van der Waals surface area contributed by atoms with Gasteiger partial charge in [0.15, 0.2) is 0 Å². The van der Waals surface area contributed by atoms with E-state index < -0.39 is 6.04 Å². The summed E-state index contributed by atoms with van der Waals surface area (Å²) in [6.07, 6.45) is 2.54. The van der Waals surface area contributed by atoms with Crippen LogP contribution in [0.3, 0.4) is 0 Å². The number of aromatic nitrogens is 1. The van der Waals surface area contributed by atoms with Gasteiger partial charge in [0.05, 0.1) is 23.3 Å². The predicted molar refractivity (Wildman–Crippen MR) is 102 cm³/mol. The van der Waals surface area contributed by atoms with Gasteiger partial charge < -0.3 is 10.6 Å². The van der Waals surface area contributed by atoms with Crippen molar-refractivity contribution in [2.75, 3.05) is 12.0 Å². The average Bonchev–Trinajstić information content (AvgIpc) is 3.10. The van der Waals surface area contributed by atoms with E-state index in [0.29, 0.717) is 23.0 Å². The molecule has 8 heteroatoms. The second-order valence-corrected chi connectivity index (χ2v) is 7.54. The largest absolute Gasteiger partial charge is 0.349 e. The lowest BCUT2D eigenvalue weighted by atomic mass is 10.1. The number of thiazole rings is 1. The lowest BCUT2D eigenvalue weighted by Crippen LogP contribution is -2.47. The molecule has 2 aromatic rings. The van der Waals surface area contributed by atoms with Crippen molar-refractivity contribution in [3.05, 3.63) is 50.9 Å². The predicted octanol–water partition coefficient (Wildman–Crippen LogP) is 3.07. The molecule has 2 N–H and O–H groups in total. The highest BCUT2D eigenvalue weighted by Crippen LogP contribution is 2.16. The Morgan fingerprint density at radius 1 is 1.38 bits per heavy atom. The summed E-state index contributed by atoms with van der Waals surface area (Å²) in [5.74, 6) is 0.320. The summed E-state index contributed by atoms with van der Waals surface area (Å²) < 4.78 is 0.703. The van der Waals surface area contributed by atoms with Gasteiger partial charge in [-0.3, -0.25) is 9.59 Å². The zero-order valence-corrected chi connectivity index (χ0v) is 16.3. The fraction of sp³-hybridized carbons (Fsp3) is 0.312. The molecule has 128 valence electrons. The number of nitrogens with zero attached hydrogens (tertiary/aromatic N) is 1. The molecular formula is C16H18BrN3O2S2. The first kappa shape index (κ1) is 19.0. The molecule has 0 spiro atoms.